The first-order valence-corrected chi connectivity index (χ1v) is 4.80. The first-order valence-electron chi connectivity index (χ1n) is 4.80. The molecule has 1 aromatic carbocycles. The summed E-state index contributed by atoms with van der Waals surface area (Å²) in [4.78, 5) is 11.2. The van der Waals surface area contributed by atoms with Crippen molar-refractivity contribution in [1.82, 2.24) is 0 Å². The maximum Gasteiger partial charge on any atom is 0.511 e. The van der Waals surface area contributed by atoms with Gasteiger partial charge in [-0.05, 0) is 0 Å². The molecule has 1 unspecified atom stereocenters. The molecule has 0 aliphatic carbocycles. The molecular formula is C12H14O4. The fourth-order valence-corrected chi connectivity index (χ4v) is 1.11. The number of carbonyl (C=O) groups excluding carboxylic acids is 1. The molecule has 0 bridgehead atoms. The molecule has 1 rings (SSSR count). The Morgan fingerprint density at radius 3 is 2.69 bits per heavy atom. The Labute approximate surface area is 94.4 Å². The van der Waals surface area contributed by atoms with Gasteiger partial charge in [-0.15, -0.1) is 0 Å². The van der Waals surface area contributed by atoms with Gasteiger partial charge in [0.15, 0.2) is 0 Å². The van der Waals surface area contributed by atoms with E-state index in [0.717, 1.165) is 5.56 Å². The molecule has 0 radical (unpaired) electrons. The molecule has 0 aromatic heterocycles. The highest BCUT2D eigenvalue weighted by molar-refractivity contribution is 5.60. The van der Waals surface area contributed by atoms with Crippen LogP contribution < -0.4 is 0 Å². The minimum absolute atomic E-state index is 0.115. The number of benzene rings is 1. The van der Waals surface area contributed by atoms with Crippen LogP contribution in [0.3, 0.4) is 0 Å². The van der Waals surface area contributed by atoms with Crippen molar-refractivity contribution < 1.29 is 19.0 Å². The molecule has 1 atom stereocenters. The number of carbonyl (C=O) groups is 1. The monoisotopic (exact) mass is 222 g/mol. The number of hydrogen-bond acceptors (Lipinski definition) is 4. The van der Waals surface area contributed by atoms with Gasteiger partial charge in [0.1, 0.15) is 6.61 Å². The highest BCUT2D eigenvalue weighted by Crippen LogP contribution is 2.18. The summed E-state index contributed by atoms with van der Waals surface area (Å²) in [6, 6.07) is 9.13. The molecule has 1 aromatic rings. The zero-order chi connectivity index (χ0) is 11.8. The van der Waals surface area contributed by atoms with Crippen molar-refractivity contribution in [2.24, 2.45) is 0 Å². The van der Waals surface area contributed by atoms with Gasteiger partial charge in [-0.25, -0.2) is 4.79 Å². The highest BCUT2D eigenvalue weighted by atomic mass is 16.8. The van der Waals surface area contributed by atoms with Gasteiger partial charge >= 0.3 is 6.16 Å². The van der Waals surface area contributed by atoms with Crippen LogP contribution in [0, 0.1) is 0 Å². The van der Waals surface area contributed by atoms with Crippen molar-refractivity contribution in [1.29, 1.82) is 0 Å². The lowest BCUT2D eigenvalue weighted by molar-refractivity contribution is -0.105. The van der Waals surface area contributed by atoms with Crippen molar-refractivity contribution in [2.75, 3.05) is 13.7 Å². The largest absolute Gasteiger partial charge is 0.511 e. The summed E-state index contributed by atoms with van der Waals surface area (Å²) < 4.78 is 14.7. The SMILES string of the molecule is C=CCOC(=O)OC(OC)c1ccccc1. The number of hydrogen-bond donors (Lipinski definition) is 0. The van der Waals surface area contributed by atoms with E-state index in [0.29, 0.717) is 0 Å². The van der Waals surface area contributed by atoms with Crippen LogP contribution in [0.5, 0.6) is 0 Å². The molecule has 0 spiro atoms. The Morgan fingerprint density at radius 1 is 1.44 bits per heavy atom. The average Bonchev–Trinajstić information content (AvgIpc) is 2.34. The summed E-state index contributed by atoms with van der Waals surface area (Å²) >= 11 is 0. The van der Waals surface area contributed by atoms with Crippen LogP contribution in [-0.4, -0.2) is 19.9 Å². The van der Waals surface area contributed by atoms with Crippen LogP contribution in [0.15, 0.2) is 43.0 Å². The maximum absolute atomic E-state index is 11.2. The molecule has 0 saturated carbocycles. The lowest BCUT2D eigenvalue weighted by Crippen LogP contribution is -2.14. The molecule has 0 aliphatic heterocycles. The third-order valence-corrected chi connectivity index (χ3v) is 1.81. The van der Waals surface area contributed by atoms with Gasteiger partial charge in [0, 0.05) is 12.7 Å². The van der Waals surface area contributed by atoms with Crippen LogP contribution in [-0.2, 0) is 14.2 Å². The summed E-state index contributed by atoms with van der Waals surface area (Å²) in [5, 5.41) is 0. The van der Waals surface area contributed by atoms with Crippen LogP contribution in [0.1, 0.15) is 11.9 Å². The predicted octanol–water partition coefficient (Wildman–Crippen LogP) is 2.67. The van der Waals surface area contributed by atoms with Crippen molar-refractivity contribution >= 4 is 6.16 Å². The van der Waals surface area contributed by atoms with E-state index in [2.05, 4.69) is 11.3 Å². The maximum atomic E-state index is 11.2. The van der Waals surface area contributed by atoms with E-state index >= 15 is 0 Å². The van der Waals surface area contributed by atoms with Crippen molar-refractivity contribution in [3.8, 4) is 0 Å². The van der Waals surface area contributed by atoms with Crippen LogP contribution in [0.2, 0.25) is 0 Å². The molecule has 0 aliphatic rings. The first kappa shape index (κ1) is 12.3. The van der Waals surface area contributed by atoms with E-state index in [4.69, 9.17) is 9.47 Å². The summed E-state index contributed by atoms with van der Waals surface area (Å²) in [5.74, 6) is 0. The van der Waals surface area contributed by atoms with Gasteiger partial charge in [0.2, 0.25) is 6.29 Å². The van der Waals surface area contributed by atoms with Crippen molar-refractivity contribution in [3.63, 3.8) is 0 Å². The minimum Gasteiger partial charge on any atom is -0.430 e. The van der Waals surface area contributed by atoms with E-state index in [1.165, 1.54) is 13.2 Å². The molecule has 16 heavy (non-hydrogen) atoms. The number of methoxy groups -OCH3 is 1. The van der Waals surface area contributed by atoms with E-state index in [1.807, 2.05) is 18.2 Å². The van der Waals surface area contributed by atoms with Crippen molar-refractivity contribution in [2.45, 2.75) is 6.29 Å². The normalized spacial score (nSPS) is 11.6. The van der Waals surface area contributed by atoms with Gasteiger partial charge in [-0.3, -0.25) is 0 Å². The van der Waals surface area contributed by atoms with Crippen LogP contribution in [0.25, 0.3) is 0 Å². The standard InChI is InChI=1S/C12H14O4/c1-3-9-15-12(13)16-11(14-2)10-7-5-4-6-8-10/h3-8,11H,1,9H2,2H3. The Morgan fingerprint density at radius 2 is 2.12 bits per heavy atom. The lowest BCUT2D eigenvalue weighted by Gasteiger charge is -2.15. The molecule has 0 fully saturated rings. The lowest BCUT2D eigenvalue weighted by atomic mass is 10.2. The first-order chi connectivity index (χ1) is 7.77. The van der Waals surface area contributed by atoms with E-state index in [-0.39, 0.29) is 6.61 Å². The fraction of sp³-hybridized carbons (Fsp3) is 0.250. The Bertz CT molecular complexity index is 334. The summed E-state index contributed by atoms with van der Waals surface area (Å²) in [6.45, 7) is 3.54. The summed E-state index contributed by atoms with van der Waals surface area (Å²) in [5.41, 5.74) is 0.751. The second-order valence-corrected chi connectivity index (χ2v) is 2.95. The van der Waals surface area contributed by atoms with Crippen molar-refractivity contribution in [3.05, 3.63) is 48.6 Å². The highest BCUT2D eigenvalue weighted by Gasteiger charge is 2.15. The molecule has 0 N–H and O–H groups in total. The molecule has 0 amide bonds. The van der Waals surface area contributed by atoms with Gasteiger partial charge in [0.05, 0.1) is 0 Å². The molecular weight excluding hydrogens is 208 g/mol. The van der Waals surface area contributed by atoms with E-state index in [9.17, 15) is 4.79 Å². The van der Waals surface area contributed by atoms with E-state index in [1.54, 1.807) is 12.1 Å². The van der Waals surface area contributed by atoms with Crippen LogP contribution in [0.4, 0.5) is 4.79 Å². The average molecular weight is 222 g/mol. The zero-order valence-corrected chi connectivity index (χ0v) is 9.09. The summed E-state index contributed by atoms with van der Waals surface area (Å²) in [7, 11) is 1.46. The second-order valence-electron chi connectivity index (χ2n) is 2.95. The predicted molar refractivity (Wildman–Crippen MR) is 58.8 cm³/mol. The Kier molecular flexibility index (Phi) is 5.08. The summed E-state index contributed by atoms with van der Waals surface area (Å²) in [6.07, 6.45) is -0.0693. The number of rotatable bonds is 5. The topological polar surface area (TPSA) is 44.8 Å². The zero-order valence-electron chi connectivity index (χ0n) is 9.09. The molecule has 86 valence electrons. The molecule has 0 heterocycles. The third-order valence-electron chi connectivity index (χ3n) is 1.81. The molecule has 0 saturated heterocycles. The van der Waals surface area contributed by atoms with E-state index < -0.39 is 12.4 Å². The third kappa shape index (κ3) is 3.74. The molecule has 4 nitrogen and oxygen atoms in total. The fourth-order valence-electron chi connectivity index (χ4n) is 1.11. The Hall–Kier alpha value is -1.81. The molecule has 4 heteroatoms. The van der Waals surface area contributed by atoms with Gasteiger partial charge < -0.3 is 14.2 Å². The quantitative estimate of drug-likeness (QED) is 0.436. The van der Waals surface area contributed by atoms with Gasteiger partial charge in [-0.1, -0.05) is 43.0 Å². The van der Waals surface area contributed by atoms with Gasteiger partial charge in [0.25, 0.3) is 0 Å². The smallest absolute Gasteiger partial charge is 0.430 e. The Balaban J connectivity index is 2.55. The minimum atomic E-state index is -0.782. The number of ether oxygens (including phenoxy) is 3. The van der Waals surface area contributed by atoms with Gasteiger partial charge in [-0.2, -0.15) is 0 Å². The second kappa shape index (κ2) is 6.63. The van der Waals surface area contributed by atoms with Crippen LogP contribution >= 0.6 is 0 Å².